The molecule has 1 aliphatic carbocycles. The molecule has 0 radical (unpaired) electrons. The Balaban J connectivity index is 1.86. The maximum absolute atomic E-state index is 11.1. The average Bonchev–Trinajstić information content (AvgIpc) is 2.88. The van der Waals surface area contributed by atoms with Gasteiger partial charge in [0.15, 0.2) is 0 Å². The third-order valence-corrected chi connectivity index (χ3v) is 1.87. The molecule has 0 aromatic carbocycles. The highest BCUT2D eigenvalue weighted by atomic mass is 16.2. The number of unbranched alkanes of at least 4 members (excludes halogenated alkanes) is 1. The zero-order chi connectivity index (χ0) is 9.52. The van der Waals surface area contributed by atoms with Crippen LogP contribution in [0.3, 0.4) is 0 Å². The second-order valence-corrected chi connectivity index (χ2v) is 3.28. The Bertz CT molecular complexity index is 205. The van der Waals surface area contributed by atoms with E-state index in [1.165, 1.54) is 0 Å². The minimum Gasteiger partial charge on any atom is -0.352 e. The molecule has 2 N–H and O–H groups in total. The van der Waals surface area contributed by atoms with E-state index in [1.807, 2.05) is 0 Å². The van der Waals surface area contributed by atoms with Crippen LogP contribution in [-0.2, 0) is 4.79 Å². The molecule has 1 amide bonds. The molecule has 0 aromatic heterocycles. The SMILES string of the molecule is N#CCCCNCC(=O)NC1CC1. The van der Waals surface area contributed by atoms with E-state index in [2.05, 4.69) is 16.7 Å². The number of nitriles is 1. The van der Waals surface area contributed by atoms with Gasteiger partial charge in [-0.05, 0) is 25.8 Å². The third-order valence-electron chi connectivity index (χ3n) is 1.87. The van der Waals surface area contributed by atoms with Crippen molar-refractivity contribution in [3.8, 4) is 6.07 Å². The second-order valence-electron chi connectivity index (χ2n) is 3.28. The van der Waals surface area contributed by atoms with E-state index in [-0.39, 0.29) is 5.91 Å². The van der Waals surface area contributed by atoms with Crippen LogP contribution in [0, 0.1) is 11.3 Å². The summed E-state index contributed by atoms with van der Waals surface area (Å²) in [5, 5.41) is 14.1. The monoisotopic (exact) mass is 181 g/mol. The fourth-order valence-electron chi connectivity index (χ4n) is 1.00. The van der Waals surface area contributed by atoms with Gasteiger partial charge in [-0.1, -0.05) is 0 Å². The third kappa shape index (κ3) is 5.21. The van der Waals surface area contributed by atoms with Crippen LogP contribution in [0.1, 0.15) is 25.7 Å². The average molecular weight is 181 g/mol. The molecule has 0 spiro atoms. The van der Waals surface area contributed by atoms with E-state index in [4.69, 9.17) is 5.26 Å². The van der Waals surface area contributed by atoms with Gasteiger partial charge in [0.1, 0.15) is 0 Å². The van der Waals surface area contributed by atoms with Gasteiger partial charge in [-0.2, -0.15) is 5.26 Å². The van der Waals surface area contributed by atoms with E-state index < -0.39 is 0 Å². The molecule has 0 aliphatic heterocycles. The molecule has 1 rings (SSSR count). The molecular weight excluding hydrogens is 166 g/mol. The number of rotatable bonds is 6. The smallest absolute Gasteiger partial charge is 0.234 e. The van der Waals surface area contributed by atoms with Crippen LogP contribution in [0.15, 0.2) is 0 Å². The summed E-state index contributed by atoms with van der Waals surface area (Å²) >= 11 is 0. The fourth-order valence-corrected chi connectivity index (χ4v) is 1.00. The van der Waals surface area contributed by atoms with E-state index in [1.54, 1.807) is 0 Å². The highest BCUT2D eigenvalue weighted by Gasteiger charge is 2.22. The molecule has 72 valence electrons. The summed E-state index contributed by atoms with van der Waals surface area (Å²) in [5.41, 5.74) is 0. The Hall–Kier alpha value is -1.08. The first-order chi connectivity index (χ1) is 6.33. The lowest BCUT2D eigenvalue weighted by Crippen LogP contribution is -2.35. The van der Waals surface area contributed by atoms with Gasteiger partial charge in [0, 0.05) is 12.5 Å². The second kappa shape index (κ2) is 5.55. The van der Waals surface area contributed by atoms with Gasteiger partial charge in [0.25, 0.3) is 0 Å². The molecule has 0 atom stereocenters. The van der Waals surface area contributed by atoms with Crippen LogP contribution in [0.2, 0.25) is 0 Å². The molecule has 0 unspecified atom stereocenters. The Kier molecular flexibility index (Phi) is 4.27. The predicted molar refractivity (Wildman–Crippen MR) is 48.9 cm³/mol. The molecule has 0 bridgehead atoms. The fraction of sp³-hybridized carbons (Fsp3) is 0.778. The first-order valence-electron chi connectivity index (χ1n) is 4.70. The minimum atomic E-state index is 0.0689. The van der Waals surface area contributed by atoms with E-state index >= 15 is 0 Å². The maximum Gasteiger partial charge on any atom is 0.234 e. The number of nitrogens with one attached hydrogen (secondary N) is 2. The van der Waals surface area contributed by atoms with Crippen LogP contribution in [0.5, 0.6) is 0 Å². The summed E-state index contributed by atoms with van der Waals surface area (Å²) in [6.07, 6.45) is 3.62. The Morgan fingerprint density at radius 2 is 2.31 bits per heavy atom. The number of hydrogen-bond donors (Lipinski definition) is 2. The van der Waals surface area contributed by atoms with E-state index in [9.17, 15) is 4.79 Å². The maximum atomic E-state index is 11.1. The highest BCUT2D eigenvalue weighted by Crippen LogP contribution is 2.17. The summed E-state index contributed by atoms with van der Waals surface area (Å²) in [5.74, 6) is 0.0689. The van der Waals surface area contributed by atoms with Crippen molar-refractivity contribution in [1.29, 1.82) is 5.26 Å². The van der Waals surface area contributed by atoms with Gasteiger partial charge in [-0.25, -0.2) is 0 Å². The quantitative estimate of drug-likeness (QED) is 0.574. The number of hydrogen-bond acceptors (Lipinski definition) is 3. The summed E-state index contributed by atoms with van der Waals surface area (Å²) in [4.78, 5) is 11.1. The van der Waals surface area contributed by atoms with Crippen molar-refractivity contribution >= 4 is 5.91 Å². The van der Waals surface area contributed by atoms with Gasteiger partial charge in [-0.3, -0.25) is 4.79 Å². The van der Waals surface area contributed by atoms with Crippen LogP contribution >= 0.6 is 0 Å². The molecule has 4 nitrogen and oxygen atoms in total. The Morgan fingerprint density at radius 1 is 1.54 bits per heavy atom. The van der Waals surface area contributed by atoms with Crippen molar-refractivity contribution in [3.05, 3.63) is 0 Å². The summed E-state index contributed by atoms with van der Waals surface area (Å²) in [6.45, 7) is 1.12. The molecule has 1 saturated carbocycles. The van der Waals surface area contributed by atoms with Crippen LogP contribution in [0.25, 0.3) is 0 Å². The largest absolute Gasteiger partial charge is 0.352 e. The molecule has 1 fully saturated rings. The van der Waals surface area contributed by atoms with Crippen molar-refractivity contribution in [2.45, 2.75) is 31.7 Å². The topological polar surface area (TPSA) is 64.9 Å². The van der Waals surface area contributed by atoms with Gasteiger partial charge in [0.2, 0.25) is 5.91 Å². The lowest BCUT2D eigenvalue weighted by molar-refractivity contribution is -0.120. The lowest BCUT2D eigenvalue weighted by Gasteiger charge is -2.03. The van der Waals surface area contributed by atoms with Crippen molar-refractivity contribution in [1.82, 2.24) is 10.6 Å². The molecule has 0 aromatic rings. The first kappa shape index (κ1) is 10.0. The van der Waals surface area contributed by atoms with Crippen LogP contribution < -0.4 is 10.6 Å². The summed E-state index contributed by atoms with van der Waals surface area (Å²) in [7, 11) is 0. The van der Waals surface area contributed by atoms with E-state index in [0.29, 0.717) is 19.0 Å². The van der Waals surface area contributed by atoms with Crippen molar-refractivity contribution < 1.29 is 4.79 Å². The number of amides is 1. The molecule has 0 heterocycles. The molecule has 0 saturated heterocycles. The number of carbonyl (C=O) groups is 1. The molecule has 4 heteroatoms. The zero-order valence-corrected chi connectivity index (χ0v) is 7.68. The van der Waals surface area contributed by atoms with Crippen molar-refractivity contribution in [3.63, 3.8) is 0 Å². The zero-order valence-electron chi connectivity index (χ0n) is 7.68. The van der Waals surface area contributed by atoms with Gasteiger partial charge >= 0.3 is 0 Å². The van der Waals surface area contributed by atoms with E-state index in [0.717, 1.165) is 25.8 Å². The minimum absolute atomic E-state index is 0.0689. The Labute approximate surface area is 78.3 Å². The van der Waals surface area contributed by atoms with Crippen molar-refractivity contribution in [2.75, 3.05) is 13.1 Å². The highest BCUT2D eigenvalue weighted by molar-refractivity contribution is 5.78. The summed E-state index contributed by atoms with van der Waals surface area (Å²) in [6, 6.07) is 2.50. The van der Waals surface area contributed by atoms with Crippen molar-refractivity contribution in [2.24, 2.45) is 0 Å². The lowest BCUT2D eigenvalue weighted by atomic mass is 10.3. The molecule has 13 heavy (non-hydrogen) atoms. The number of nitrogens with zero attached hydrogens (tertiary/aromatic N) is 1. The van der Waals surface area contributed by atoms with Crippen LogP contribution in [0.4, 0.5) is 0 Å². The molecular formula is C9H15N3O. The predicted octanol–water partition coefficient (Wildman–Crippen LogP) is 0.158. The summed E-state index contributed by atoms with van der Waals surface area (Å²) < 4.78 is 0. The Morgan fingerprint density at radius 3 is 2.92 bits per heavy atom. The van der Waals surface area contributed by atoms with Gasteiger partial charge in [0.05, 0.1) is 12.6 Å². The molecule has 1 aliphatic rings. The van der Waals surface area contributed by atoms with Crippen LogP contribution in [-0.4, -0.2) is 25.0 Å². The first-order valence-corrected chi connectivity index (χ1v) is 4.70. The van der Waals surface area contributed by atoms with Gasteiger partial charge in [-0.15, -0.1) is 0 Å². The number of carbonyl (C=O) groups excluding carboxylic acids is 1. The normalized spacial score (nSPS) is 15.0. The van der Waals surface area contributed by atoms with Gasteiger partial charge < -0.3 is 10.6 Å². The standard InChI is InChI=1S/C9H15N3O/c10-5-1-2-6-11-7-9(13)12-8-3-4-8/h8,11H,1-4,6-7H2,(H,12,13).